The molecule has 1 N–H and O–H groups in total. The van der Waals surface area contributed by atoms with Gasteiger partial charge in [0.25, 0.3) is 0 Å². The molecule has 16 heavy (non-hydrogen) atoms. The highest BCUT2D eigenvalue weighted by molar-refractivity contribution is 7.85. The Morgan fingerprint density at radius 3 is 2.31 bits per heavy atom. The van der Waals surface area contributed by atoms with Crippen LogP contribution in [-0.4, -0.2) is 11.1 Å². The van der Waals surface area contributed by atoms with Gasteiger partial charge in [-0.25, -0.2) is 4.79 Å². The standard InChI is InChI=1S/C13H22O2S/c1-2-10-5-3-7-11(8-4-6-10)9-12(16)13(14)15/h9-11,16H,2-8H2,1H3,(H,14,15)/b12-9-. The first-order valence-electron chi connectivity index (χ1n) is 6.27. The summed E-state index contributed by atoms with van der Waals surface area (Å²) in [5.41, 5.74) is 0. The Balaban J connectivity index is 2.46. The lowest BCUT2D eigenvalue weighted by Crippen LogP contribution is -2.08. The second kappa shape index (κ2) is 7.00. The number of thiol groups is 1. The van der Waals surface area contributed by atoms with Gasteiger partial charge in [0.2, 0.25) is 0 Å². The highest BCUT2D eigenvalue weighted by Gasteiger charge is 2.15. The van der Waals surface area contributed by atoms with Crippen molar-refractivity contribution in [1.29, 1.82) is 0 Å². The zero-order chi connectivity index (χ0) is 12.0. The van der Waals surface area contributed by atoms with Gasteiger partial charge in [-0.1, -0.05) is 45.1 Å². The second-order valence-electron chi connectivity index (χ2n) is 4.75. The minimum absolute atomic E-state index is 0.206. The van der Waals surface area contributed by atoms with E-state index in [0.717, 1.165) is 18.8 Å². The molecule has 0 atom stereocenters. The number of carboxylic acids is 1. The van der Waals surface area contributed by atoms with E-state index < -0.39 is 5.97 Å². The van der Waals surface area contributed by atoms with Crippen LogP contribution >= 0.6 is 12.6 Å². The fourth-order valence-electron chi connectivity index (χ4n) is 2.50. The molecule has 0 aromatic heterocycles. The minimum atomic E-state index is -0.906. The number of aliphatic carboxylic acids is 1. The van der Waals surface area contributed by atoms with Crippen LogP contribution in [0.25, 0.3) is 0 Å². The van der Waals surface area contributed by atoms with Crippen molar-refractivity contribution in [2.24, 2.45) is 11.8 Å². The van der Waals surface area contributed by atoms with Crippen molar-refractivity contribution >= 4 is 18.6 Å². The van der Waals surface area contributed by atoms with Gasteiger partial charge in [-0.15, -0.1) is 12.6 Å². The lowest BCUT2D eigenvalue weighted by molar-refractivity contribution is -0.131. The van der Waals surface area contributed by atoms with Gasteiger partial charge >= 0.3 is 5.97 Å². The van der Waals surface area contributed by atoms with Crippen LogP contribution < -0.4 is 0 Å². The first kappa shape index (κ1) is 13.6. The summed E-state index contributed by atoms with van der Waals surface area (Å²) in [6, 6.07) is 0. The van der Waals surface area contributed by atoms with Gasteiger partial charge in [-0.3, -0.25) is 0 Å². The van der Waals surface area contributed by atoms with Gasteiger partial charge in [0.15, 0.2) is 0 Å². The van der Waals surface area contributed by atoms with Crippen LogP contribution in [0, 0.1) is 11.8 Å². The molecule has 1 aliphatic carbocycles. The highest BCUT2D eigenvalue weighted by Crippen LogP contribution is 2.29. The fraction of sp³-hybridized carbons (Fsp3) is 0.769. The normalized spacial score (nSPS) is 28.2. The summed E-state index contributed by atoms with van der Waals surface area (Å²) in [4.78, 5) is 10.9. The number of carbonyl (C=O) groups is 1. The van der Waals surface area contributed by atoms with E-state index in [1.165, 1.54) is 32.1 Å². The number of hydrogen-bond donors (Lipinski definition) is 2. The van der Waals surface area contributed by atoms with E-state index in [-0.39, 0.29) is 4.91 Å². The Hall–Kier alpha value is -0.440. The van der Waals surface area contributed by atoms with Crippen LogP contribution in [-0.2, 0) is 4.79 Å². The molecule has 0 heterocycles. The predicted molar refractivity (Wildman–Crippen MR) is 69.7 cm³/mol. The van der Waals surface area contributed by atoms with Gasteiger partial charge in [0.1, 0.15) is 0 Å². The molecule has 0 aliphatic heterocycles. The van der Waals surface area contributed by atoms with Crippen molar-refractivity contribution in [2.45, 2.75) is 51.9 Å². The maximum Gasteiger partial charge on any atom is 0.341 e. The van der Waals surface area contributed by atoms with E-state index in [1.807, 2.05) is 6.08 Å². The molecule has 1 saturated carbocycles. The maximum absolute atomic E-state index is 10.7. The van der Waals surface area contributed by atoms with Crippen LogP contribution in [0.3, 0.4) is 0 Å². The summed E-state index contributed by atoms with van der Waals surface area (Å²) >= 11 is 3.99. The third-order valence-corrected chi connectivity index (χ3v) is 3.90. The lowest BCUT2D eigenvalue weighted by atomic mass is 9.84. The average molecular weight is 242 g/mol. The van der Waals surface area contributed by atoms with E-state index in [1.54, 1.807) is 0 Å². The molecule has 92 valence electrons. The second-order valence-corrected chi connectivity index (χ2v) is 5.24. The molecule has 1 rings (SSSR count). The first-order chi connectivity index (χ1) is 7.63. The fourth-order valence-corrected chi connectivity index (χ4v) is 2.71. The Kier molecular flexibility index (Phi) is 5.96. The third-order valence-electron chi connectivity index (χ3n) is 3.56. The molecule has 0 aromatic rings. The largest absolute Gasteiger partial charge is 0.477 e. The molecular weight excluding hydrogens is 220 g/mol. The van der Waals surface area contributed by atoms with Crippen LogP contribution in [0.15, 0.2) is 11.0 Å². The maximum atomic E-state index is 10.7. The Morgan fingerprint density at radius 2 is 1.88 bits per heavy atom. The van der Waals surface area contributed by atoms with Crippen molar-refractivity contribution in [3.05, 3.63) is 11.0 Å². The average Bonchev–Trinajstić information content (AvgIpc) is 2.21. The van der Waals surface area contributed by atoms with Crippen molar-refractivity contribution in [3.8, 4) is 0 Å². The van der Waals surface area contributed by atoms with Crippen molar-refractivity contribution in [3.63, 3.8) is 0 Å². The van der Waals surface area contributed by atoms with Crippen molar-refractivity contribution in [2.75, 3.05) is 0 Å². The molecule has 0 radical (unpaired) electrons. The molecule has 0 unspecified atom stereocenters. The molecule has 0 bridgehead atoms. The van der Waals surface area contributed by atoms with Crippen LogP contribution in [0.4, 0.5) is 0 Å². The quantitative estimate of drug-likeness (QED) is 0.582. The monoisotopic (exact) mass is 242 g/mol. The molecule has 0 spiro atoms. The summed E-state index contributed by atoms with van der Waals surface area (Å²) in [6.45, 7) is 2.26. The number of rotatable bonds is 3. The van der Waals surface area contributed by atoms with E-state index >= 15 is 0 Å². The smallest absolute Gasteiger partial charge is 0.341 e. The topological polar surface area (TPSA) is 37.3 Å². The number of carboxylic acid groups (broad SMARTS) is 1. The summed E-state index contributed by atoms with van der Waals surface area (Å²) in [5.74, 6) is 0.401. The number of hydrogen-bond acceptors (Lipinski definition) is 2. The predicted octanol–water partition coefficient (Wildman–Crippen LogP) is 3.88. The molecular formula is C13H22O2S. The van der Waals surface area contributed by atoms with Crippen molar-refractivity contribution < 1.29 is 9.90 Å². The van der Waals surface area contributed by atoms with E-state index in [2.05, 4.69) is 19.6 Å². The van der Waals surface area contributed by atoms with Gasteiger partial charge in [0, 0.05) is 0 Å². The zero-order valence-electron chi connectivity index (χ0n) is 9.98. The first-order valence-corrected chi connectivity index (χ1v) is 6.72. The SMILES string of the molecule is CCC1CCCC(/C=C(\S)C(=O)O)CCC1. The summed E-state index contributed by atoms with van der Waals surface area (Å²) in [5, 5.41) is 8.77. The highest BCUT2D eigenvalue weighted by atomic mass is 32.1. The van der Waals surface area contributed by atoms with Crippen LogP contribution in [0.5, 0.6) is 0 Å². The van der Waals surface area contributed by atoms with Crippen LogP contribution in [0.2, 0.25) is 0 Å². The summed E-state index contributed by atoms with van der Waals surface area (Å²) < 4.78 is 0. The third kappa shape index (κ3) is 4.60. The molecule has 1 fully saturated rings. The van der Waals surface area contributed by atoms with Crippen LogP contribution in [0.1, 0.15) is 51.9 Å². The molecule has 0 amide bonds. The zero-order valence-corrected chi connectivity index (χ0v) is 10.9. The van der Waals surface area contributed by atoms with Gasteiger partial charge in [0.05, 0.1) is 4.91 Å². The Bertz CT molecular complexity index is 251. The van der Waals surface area contributed by atoms with E-state index in [4.69, 9.17) is 5.11 Å². The van der Waals surface area contributed by atoms with Gasteiger partial charge in [-0.2, -0.15) is 0 Å². The van der Waals surface area contributed by atoms with E-state index in [9.17, 15) is 4.79 Å². The lowest BCUT2D eigenvalue weighted by Gasteiger charge is -2.22. The molecule has 3 heteroatoms. The molecule has 1 aliphatic rings. The number of allylic oxidation sites excluding steroid dienone is 1. The summed E-state index contributed by atoms with van der Waals surface area (Å²) in [6.07, 6.45) is 10.4. The molecule has 0 aromatic carbocycles. The van der Waals surface area contributed by atoms with Crippen molar-refractivity contribution in [1.82, 2.24) is 0 Å². The molecule has 0 saturated heterocycles. The molecule has 2 nitrogen and oxygen atoms in total. The summed E-state index contributed by atoms with van der Waals surface area (Å²) in [7, 11) is 0. The Morgan fingerprint density at radius 1 is 1.31 bits per heavy atom. The minimum Gasteiger partial charge on any atom is -0.477 e. The van der Waals surface area contributed by atoms with Gasteiger partial charge < -0.3 is 5.11 Å². The Labute approximate surface area is 104 Å². The van der Waals surface area contributed by atoms with E-state index in [0.29, 0.717) is 5.92 Å². The van der Waals surface area contributed by atoms with Gasteiger partial charge in [-0.05, 0) is 24.7 Å².